The van der Waals surface area contributed by atoms with E-state index in [1.807, 2.05) is 0 Å². The van der Waals surface area contributed by atoms with Gasteiger partial charge in [0.05, 0.1) is 0 Å². The largest absolute Gasteiger partial charge is 2.00 e. The van der Waals surface area contributed by atoms with Gasteiger partial charge >= 0.3 is 19.5 Å². The summed E-state index contributed by atoms with van der Waals surface area (Å²) in [5.74, 6) is 0. The molecule has 17 heteroatoms. The molecule has 0 amide bonds. The van der Waals surface area contributed by atoms with Gasteiger partial charge in [-0.3, -0.25) is 0 Å². The van der Waals surface area contributed by atoms with Crippen molar-refractivity contribution in [2.75, 3.05) is 0 Å². The average molecular weight is 373 g/mol. The first-order valence-corrected chi connectivity index (χ1v) is 3.70. The van der Waals surface area contributed by atoms with E-state index in [0.717, 1.165) is 0 Å². The Hall–Kier alpha value is 0.643. The molecule has 14 nitrogen and oxygen atoms in total. The zero-order chi connectivity index (χ0) is 9.00. The monoisotopic (exact) mass is 371 g/mol. The number of rotatable bonds is 0. The fourth-order valence-corrected chi connectivity index (χ4v) is 0. The maximum Gasteiger partial charge on any atom is 2.00 e. The van der Waals surface area contributed by atoms with Crippen molar-refractivity contribution in [3.05, 3.63) is 0 Å². The van der Waals surface area contributed by atoms with Crippen molar-refractivity contribution in [1.82, 2.24) is 0 Å². The van der Waals surface area contributed by atoms with E-state index in [9.17, 15) is 0 Å². The van der Waals surface area contributed by atoms with Crippen molar-refractivity contribution in [3.63, 3.8) is 0 Å². The van der Waals surface area contributed by atoms with Gasteiger partial charge in [-0.2, -0.15) is 0 Å². The van der Waals surface area contributed by atoms with Gasteiger partial charge in [0.15, 0.2) is 0 Å². The summed E-state index contributed by atoms with van der Waals surface area (Å²) in [5.41, 5.74) is 0. The van der Waals surface area contributed by atoms with Crippen LogP contribution in [-0.4, -0.2) is 27.4 Å². The smallest absolute Gasteiger partial charge is 0.457 e. The molecule has 0 aliphatic carbocycles. The number of hydrogen-bond donors (Lipinski definition) is 0. The zero-order valence-corrected chi connectivity index (χ0v) is 12.3. The van der Waals surface area contributed by atoms with Crippen molar-refractivity contribution >= 4 is 0 Å². The second-order valence-corrected chi connectivity index (χ2v) is 2.27. The van der Waals surface area contributed by atoms with Crippen molar-refractivity contribution in [1.29, 1.82) is 0 Å². The van der Waals surface area contributed by atoms with E-state index in [4.69, 9.17) is 37.3 Å². The fraction of sp³-hybridized carbons (Fsp3) is 0. The van der Waals surface area contributed by atoms with Crippen LogP contribution in [0.15, 0.2) is 0 Å². The molecule has 17 heavy (non-hydrogen) atoms. The van der Waals surface area contributed by atoms with Crippen LogP contribution in [0.25, 0.3) is 0 Å². The van der Waals surface area contributed by atoms with Gasteiger partial charge in [0.25, 0.3) is 0 Å². The molecule has 0 radical (unpaired) electrons. The van der Waals surface area contributed by atoms with E-state index in [0.29, 0.717) is 0 Å². The van der Waals surface area contributed by atoms with Gasteiger partial charge in [0, 0.05) is 0 Å². The Morgan fingerprint density at radius 1 is 0.412 bits per heavy atom. The molecular formula is H13Cl2O14Zn+. The topological polar surface area (TPSA) is 375 Å². The molecule has 0 rings (SSSR count). The van der Waals surface area contributed by atoms with E-state index in [-0.39, 0.29) is 52.3 Å². The standard InChI is InChI=1S/2ClHO4.6H2O.Zn/c2*2-1(3,4)5;;;;;;;/h2*(H,2,3,4,5);6*1H2;/q;;;;;;;;+2/p-1. The minimum atomic E-state index is -4.94. The van der Waals surface area contributed by atoms with Crippen LogP contribution < -0.4 is 37.3 Å². The summed E-state index contributed by atoms with van der Waals surface area (Å²) in [6.45, 7) is 0. The van der Waals surface area contributed by atoms with Gasteiger partial charge in [0.2, 0.25) is 0 Å². The summed E-state index contributed by atoms with van der Waals surface area (Å²) in [6, 6.07) is 0. The summed E-state index contributed by atoms with van der Waals surface area (Å²) in [4.78, 5) is 0. The minimum absolute atomic E-state index is 0. The van der Waals surface area contributed by atoms with Gasteiger partial charge in [-0.15, -0.1) is 20.5 Å². The summed E-state index contributed by atoms with van der Waals surface area (Å²) in [7, 11) is -9.89. The van der Waals surface area contributed by atoms with Gasteiger partial charge < -0.3 is 32.9 Å². The Morgan fingerprint density at radius 3 is 0.412 bits per heavy atom. The molecule has 0 bridgehead atoms. The van der Waals surface area contributed by atoms with Crippen molar-refractivity contribution < 1.29 is 110 Å². The second kappa shape index (κ2) is 25.5. The third kappa shape index (κ3) is 8620. The predicted molar refractivity (Wildman–Crippen MR) is 22.9 cm³/mol. The molecule has 0 saturated carbocycles. The molecule has 0 aromatic rings. The molecular weight excluding hydrogens is 360 g/mol. The SMILES string of the molecule is O.O.O.O.O.[O-][Cl+3]([O-])([O-])[O-].[O-][Cl+3]([O-])([O-])[O-].[OH3+].[Zn+2]. The zero-order valence-electron chi connectivity index (χ0n) is 7.81. The normalized spacial score (nSPS) is 7.06. The molecule has 0 saturated heterocycles. The molecule has 112 valence electrons. The van der Waals surface area contributed by atoms with Crippen LogP contribution >= 0.6 is 0 Å². The molecule has 0 aromatic carbocycles. The third-order valence-electron chi connectivity index (χ3n) is 0. The molecule has 0 aliphatic rings. The second-order valence-electron chi connectivity index (χ2n) is 0.756. The van der Waals surface area contributed by atoms with E-state index in [1.54, 1.807) is 0 Å². The predicted octanol–water partition coefficient (Wildman–Crippen LogP) is -14.6. The van der Waals surface area contributed by atoms with Gasteiger partial charge in [-0.25, -0.2) is 37.3 Å². The Morgan fingerprint density at radius 2 is 0.412 bits per heavy atom. The summed E-state index contributed by atoms with van der Waals surface area (Å²) < 4.78 is 67.9. The summed E-state index contributed by atoms with van der Waals surface area (Å²) in [5, 5.41) is 0. The van der Waals surface area contributed by atoms with Crippen LogP contribution in [0.3, 0.4) is 0 Å². The van der Waals surface area contributed by atoms with E-state index in [2.05, 4.69) is 0 Å². The molecule has 0 atom stereocenters. The van der Waals surface area contributed by atoms with Crippen LogP contribution in [0.2, 0.25) is 0 Å². The first-order chi connectivity index (χ1) is 4.00. The molecule has 0 aromatic heterocycles. The Labute approximate surface area is 110 Å². The Bertz CT molecular complexity index is 57.2. The van der Waals surface area contributed by atoms with Crippen LogP contribution in [0.5, 0.6) is 0 Å². The first kappa shape index (κ1) is 65.4. The molecule has 0 heterocycles. The Kier molecular flexibility index (Phi) is 98.0. The molecule has 0 aliphatic heterocycles. The minimum Gasteiger partial charge on any atom is -0.457 e. The van der Waals surface area contributed by atoms with E-state index >= 15 is 0 Å². The van der Waals surface area contributed by atoms with Gasteiger partial charge in [0.1, 0.15) is 0 Å². The van der Waals surface area contributed by atoms with Gasteiger partial charge in [-0.1, -0.05) is 0 Å². The van der Waals surface area contributed by atoms with Crippen molar-refractivity contribution in [3.8, 4) is 0 Å². The van der Waals surface area contributed by atoms with Crippen LogP contribution in [0.1, 0.15) is 0 Å². The summed E-state index contributed by atoms with van der Waals surface area (Å²) >= 11 is 0. The van der Waals surface area contributed by atoms with Crippen LogP contribution in [0, 0.1) is 20.5 Å². The average Bonchev–Trinajstić information content (AvgIpc) is 1.12. The maximum atomic E-state index is 8.49. The van der Waals surface area contributed by atoms with Gasteiger partial charge in [-0.05, 0) is 0 Å². The molecule has 0 fully saturated rings. The van der Waals surface area contributed by atoms with Crippen LogP contribution in [-0.2, 0) is 25.0 Å². The Balaban J connectivity index is -0.00000000762. The molecule has 13 N–H and O–H groups in total. The van der Waals surface area contributed by atoms with E-state index < -0.39 is 20.5 Å². The first-order valence-electron chi connectivity index (χ1n) is 1.23. The number of halogens is 2. The van der Waals surface area contributed by atoms with Crippen LogP contribution in [0.4, 0.5) is 0 Å². The number of hydrogen-bond acceptors (Lipinski definition) is 8. The van der Waals surface area contributed by atoms with Crippen molar-refractivity contribution in [2.24, 2.45) is 0 Å². The quantitative estimate of drug-likeness (QED) is 0.288. The third-order valence-corrected chi connectivity index (χ3v) is 0. The maximum absolute atomic E-state index is 8.49. The van der Waals surface area contributed by atoms with E-state index in [1.165, 1.54) is 0 Å². The molecule has 0 unspecified atom stereocenters. The summed E-state index contributed by atoms with van der Waals surface area (Å²) in [6.07, 6.45) is 0. The molecule has 0 spiro atoms. The van der Waals surface area contributed by atoms with Crippen molar-refractivity contribution in [2.45, 2.75) is 0 Å². The fourth-order valence-electron chi connectivity index (χ4n) is 0.